The Morgan fingerprint density at radius 1 is 1.26 bits per heavy atom. The molecule has 5 nitrogen and oxygen atoms in total. The van der Waals surface area contributed by atoms with E-state index in [2.05, 4.69) is 26.9 Å². The molecule has 126 valence electrons. The molecule has 1 aromatic rings. The maximum Gasteiger partial charge on any atom is 0.191 e. The highest BCUT2D eigenvalue weighted by molar-refractivity contribution is 5.78. The van der Waals surface area contributed by atoms with Crippen LogP contribution in [0.3, 0.4) is 0 Å². The van der Waals surface area contributed by atoms with Crippen molar-refractivity contribution in [2.75, 3.05) is 44.7 Å². The number of methoxy groups -OCH3 is 1. The Morgan fingerprint density at radius 2 is 2.09 bits per heavy atom. The summed E-state index contributed by atoms with van der Waals surface area (Å²) >= 11 is 0. The molecule has 2 aliphatic heterocycles. The molecule has 0 aromatic heterocycles. The van der Waals surface area contributed by atoms with Crippen LogP contribution in [0.4, 0.5) is 5.69 Å². The molecule has 0 radical (unpaired) electrons. The summed E-state index contributed by atoms with van der Waals surface area (Å²) in [6.45, 7) is 5.09. The van der Waals surface area contributed by atoms with Crippen molar-refractivity contribution in [1.29, 1.82) is 0 Å². The smallest absolute Gasteiger partial charge is 0.191 e. The van der Waals surface area contributed by atoms with Crippen LogP contribution in [0.15, 0.2) is 29.3 Å². The van der Waals surface area contributed by atoms with Crippen molar-refractivity contribution < 1.29 is 4.74 Å². The summed E-state index contributed by atoms with van der Waals surface area (Å²) < 4.78 is 5.32. The molecule has 0 spiro atoms. The quantitative estimate of drug-likeness (QED) is 0.684. The maximum atomic E-state index is 6.16. The molecular formula is C18H28N4O. The number of ether oxygens (including phenoxy) is 1. The van der Waals surface area contributed by atoms with Gasteiger partial charge in [-0.05, 0) is 43.7 Å². The molecule has 2 N–H and O–H groups in total. The molecule has 23 heavy (non-hydrogen) atoms. The summed E-state index contributed by atoms with van der Waals surface area (Å²) in [5.41, 5.74) is 7.39. The minimum atomic E-state index is 0.588. The van der Waals surface area contributed by atoms with Gasteiger partial charge in [-0.1, -0.05) is 6.07 Å². The number of hydrogen-bond acceptors (Lipinski definition) is 3. The van der Waals surface area contributed by atoms with Gasteiger partial charge >= 0.3 is 0 Å². The number of benzene rings is 1. The Labute approximate surface area is 139 Å². The zero-order valence-corrected chi connectivity index (χ0v) is 14.1. The zero-order chi connectivity index (χ0) is 16.1. The second kappa shape index (κ2) is 7.57. The number of nitrogens with zero attached hydrogens (tertiary/aromatic N) is 3. The fraction of sp³-hybridized carbons (Fsp3) is 0.611. The minimum Gasteiger partial charge on any atom is -0.497 e. The monoisotopic (exact) mass is 316 g/mol. The van der Waals surface area contributed by atoms with Crippen molar-refractivity contribution >= 4 is 11.6 Å². The van der Waals surface area contributed by atoms with E-state index in [0.717, 1.165) is 44.4 Å². The molecule has 0 aliphatic carbocycles. The average Bonchev–Trinajstić information content (AvgIpc) is 3.09. The van der Waals surface area contributed by atoms with Crippen LogP contribution in [0.25, 0.3) is 0 Å². The number of likely N-dealkylation sites (tertiary alicyclic amines) is 1. The molecule has 2 saturated heterocycles. The van der Waals surface area contributed by atoms with Crippen molar-refractivity contribution in [2.45, 2.75) is 25.7 Å². The summed E-state index contributed by atoms with van der Waals surface area (Å²) in [5, 5.41) is 0. The number of hydrogen-bond donors (Lipinski definition) is 1. The Bertz CT molecular complexity index is 540. The van der Waals surface area contributed by atoms with Gasteiger partial charge < -0.3 is 20.3 Å². The number of aliphatic imine (C=N–C) groups is 1. The first-order valence-corrected chi connectivity index (χ1v) is 8.70. The van der Waals surface area contributed by atoms with Crippen molar-refractivity contribution in [2.24, 2.45) is 16.6 Å². The summed E-state index contributed by atoms with van der Waals surface area (Å²) in [5.74, 6) is 2.24. The third-order valence-electron chi connectivity index (χ3n) is 4.90. The van der Waals surface area contributed by atoms with E-state index in [1.807, 2.05) is 12.1 Å². The molecule has 5 heteroatoms. The lowest BCUT2D eigenvalue weighted by atomic mass is 10.1. The van der Waals surface area contributed by atoms with Crippen molar-refractivity contribution in [3.05, 3.63) is 24.3 Å². The molecule has 1 unspecified atom stereocenters. The highest BCUT2D eigenvalue weighted by atomic mass is 16.5. The molecule has 3 rings (SSSR count). The minimum absolute atomic E-state index is 0.588. The van der Waals surface area contributed by atoms with Gasteiger partial charge in [0.25, 0.3) is 0 Å². The van der Waals surface area contributed by atoms with Crippen LogP contribution in [0.1, 0.15) is 25.7 Å². The first kappa shape index (κ1) is 16.0. The molecule has 2 heterocycles. The summed E-state index contributed by atoms with van der Waals surface area (Å²) in [6.07, 6.45) is 4.97. The Hall–Kier alpha value is -1.91. The van der Waals surface area contributed by atoms with E-state index in [1.54, 1.807) is 7.11 Å². The molecule has 0 bridgehead atoms. The van der Waals surface area contributed by atoms with Gasteiger partial charge in [0, 0.05) is 44.5 Å². The van der Waals surface area contributed by atoms with E-state index in [1.165, 1.54) is 31.4 Å². The molecule has 1 atom stereocenters. The SMILES string of the molecule is COc1cccc(N2CCC(CN=C(N)N3CCCCC3)C2)c1. The summed E-state index contributed by atoms with van der Waals surface area (Å²) in [4.78, 5) is 9.31. The first-order chi connectivity index (χ1) is 11.3. The number of nitrogens with two attached hydrogens (primary N) is 1. The Morgan fingerprint density at radius 3 is 2.87 bits per heavy atom. The normalized spacial score (nSPS) is 22.5. The van der Waals surface area contributed by atoms with Gasteiger partial charge in [-0.2, -0.15) is 0 Å². The summed E-state index contributed by atoms with van der Waals surface area (Å²) in [7, 11) is 1.71. The van der Waals surface area contributed by atoms with E-state index >= 15 is 0 Å². The van der Waals surface area contributed by atoms with Crippen LogP contribution in [-0.4, -0.2) is 50.7 Å². The van der Waals surface area contributed by atoms with Gasteiger partial charge in [0.2, 0.25) is 0 Å². The van der Waals surface area contributed by atoms with Crippen molar-refractivity contribution in [3.8, 4) is 5.75 Å². The van der Waals surface area contributed by atoms with E-state index in [-0.39, 0.29) is 0 Å². The molecule has 0 amide bonds. The Kier molecular flexibility index (Phi) is 5.26. The van der Waals surface area contributed by atoms with Gasteiger partial charge in [-0.15, -0.1) is 0 Å². The lowest BCUT2D eigenvalue weighted by molar-refractivity contribution is 0.337. The molecule has 0 saturated carbocycles. The van der Waals surface area contributed by atoms with E-state index in [9.17, 15) is 0 Å². The lowest BCUT2D eigenvalue weighted by Gasteiger charge is -2.27. The predicted octanol–water partition coefficient (Wildman–Crippen LogP) is 2.32. The molecular weight excluding hydrogens is 288 g/mol. The van der Waals surface area contributed by atoms with Crippen LogP contribution in [0, 0.1) is 5.92 Å². The molecule has 2 fully saturated rings. The maximum absolute atomic E-state index is 6.16. The topological polar surface area (TPSA) is 54.1 Å². The Balaban J connectivity index is 1.53. The largest absolute Gasteiger partial charge is 0.497 e. The van der Waals surface area contributed by atoms with E-state index in [4.69, 9.17) is 10.5 Å². The third-order valence-corrected chi connectivity index (χ3v) is 4.90. The second-order valence-corrected chi connectivity index (χ2v) is 6.55. The summed E-state index contributed by atoms with van der Waals surface area (Å²) in [6, 6.07) is 8.29. The van der Waals surface area contributed by atoms with Gasteiger partial charge in [0.1, 0.15) is 5.75 Å². The molecule has 2 aliphatic rings. The lowest BCUT2D eigenvalue weighted by Crippen LogP contribution is -2.41. The zero-order valence-electron chi connectivity index (χ0n) is 14.1. The van der Waals surface area contributed by atoms with Crippen LogP contribution >= 0.6 is 0 Å². The van der Waals surface area contributed by atoms with Gasteiger partial charge in [-0.25, -0.2) is 0 Å². The van der Waals surface area contributed by atoms with Crippen LogP contribution in [0.2, 0.25) is 0 Å². The van der Waals surface area contributed by atoms with Gasteiger partial charge in [0.05, 0.1) is 7.11 Å². The average molecular weight is 316 g/mol. The van der Waals surface area contributed by atoms with Crippen LogP contribution in [-0.2, 0) is 0 Å². The van der Waals surface area contributed by atoms with Gasteiger partial charge in [-0.3, -0.25) is 4.99 Å². The number of rotatable bonds is 4. The number of anilines is 1. The highest BCUT2D eigenvalue weighted by Gasteiger charge is 2.23. The van der Waals surface area contributed by atoms with Crippen LogP contribution in [0.5, 0.6) is 5.75 Å². The van der Waals surface area contributed by atoms with Crippen molar-refractivity contribution in [1.82, 2.24) is 4.90 Å². The second-order valence-electron chi connectivity index (χ2n) is 6.55. The van der Waals surface area contributed by atoms with Crippen molar-refractivity contribution in [3.63, 3.8) is 0 Å². The third kappa shape index (κ3) is 4.09. The fourth-order valence-corrected chi connectivity index (χ4v) is 3.47. The number of guanidine groups is 1. The van der Waals surface area contributed by atoms with Crippen LogP contribution < -0.4 is 15.4 Å². The number of piperidine rings is 1. The van der Waals surface area contributed by atoms with E-state index in [0.29, 0.717) is 5.92 Å². The van der Waals surface area contributed by atoms with E-state index < -0.39 is 0 Å². The highest BCUT2D eigenvalue weighted by Crippen LogP contribution is 2.27. The first-order valence-electron chi connectivity index (χ1n) is 8.70. The predicted molar refractivity (Wildman–Crippen MR) is 95.2 cm³/mol. The fourth-order valence-electron chi connectivity index (χ4n) is 3.47. The molecule has 1 aromatic carbocycles. The van der Waals surface area contributed by atoms with Gasteiger partial charge in [0.15, 0.2) is 5.96 Å². The standard InChI is InChI=1S/C18H28N4O/c1-23-17-7-5-6-16(12-17)22-11-8-15(14-22)13-20-18(19)21-9-3-2-4-10-21/h5-7,12,15H,2-4,8-11,13-14H2,1H3,(H2,19,20).